The summed E-state index contributed by atoms with van der Waals surface area (Å²) in [7, 11) is 0. The van der Waals surface area contributed by atoms with Crippen molar-refractivity contribution in [3.05, 3.63) is 393 Å². The quantitative estimate of drug-likeness (QED) is 0.115. The van der Waals surface area contributed by atoms with Gasteiger partial charge in [0.05, 0.1) is 55.9 Å². The van der Waals surface area contributed by atoms with Gasteiger partial charge in [-0.25, -0.2) is 9.97 Å². The van der Waals surface area contributed by atoms with Crippen LogP contribution in [0.5, 0.6) is 0 Å². The van der Waals surface area contributed by atoms with Crippen molar-refractivity contribution in [1.29, 1.82) is 0 Å². The first-order chi connectivity index (χ1) is 53.0. The smallest absolute Gasteiger partial charge is 0.0716 e. The molecule has 0 spiro atoms. The summed E-state index contributed by atoms with van der Waals surface area (Å²) < 4.78 is 7.53. The third kappa shape index (κ3) is 10.8. The van der Waals surface area contributed by atoms with E-state index in [4.69, 9.17) is 9.97 Å². The Balaban J connectivity index is 0.844. The first-order valence-electron chi connectivity index (χ1n) is 37.0. The number of para-hydroxylation sites is 4. The minimum Gasteiger partial charge on any atom is -0.309 e. The van der Waals surface area contributed by atoms with Gasteiger partial charge in [0.2, 0.25) is 0 Å². The number of benzene rings is 15. The topological polar surface area (TPSA) is 40.6 Å². The monoisotopic (exact) mass is 1360 g/mol. The Morgan fingerprint density at radius 3 is 0.710 bits per heavy atom. The summed E-state index contributed by atoms with van der Waals surface area (Å²) in [5.41, 5.74) is 34.2. The van der Waals surface area contributed by atoms with Gasteiger partial charge in [0.15, 0.2) is 0 Å². The number of nitrogens with zero attached hydrogens (tertiary/aromatic N) is 5. The molecular weight excluding hydrogens is 1300 g/mol. The molecule has 0 bridgehead atoms. The number of fused-ring (bicyclic) bond motifs is 6. The second-order valence-corrected chi connectivity index (χ2v) is 28.4. The Labute approximate surface area is 620 Å². The summed E-state index contributed by atoms with van der Waals surface area (Å²) in [5, 5.41) is 7.44. The largest absolute Gasteiger partial charge is 0.309 e. The van der Waals surface area contributed by atoms with Crippen molar-refractivity contribution in [2.75, 3.05) is 0 Å². The van der Waals surface area contributed by atoms with Gasteiger partial charge in [-0.1, -0.05) is 267 Å². The predicted octanol–water partition coefficient (Wildman–Crippen LogP) is 26.5. The molecule has 15 aromatic carbocycles. The van der Waals surface area contributed by atoms with Crippen LogP contribution in [0.2, 0.25) is 0 Å². The molecule has 107 heavy (non-hydrogen) atoms. The van der Waals surface area contributed by atoms with Gasteiger partial charge in [0, 0.05) is 71.6 Å². The number of pyridine rings is 2. The molecule has 0 radical (unpaired) electrons. The summed E-state index contributed by atoms with van der Waals surface area (Å²) in [5.74, 6) is 0. The van der Waals surface area contributed by atoms with Crippen molar-refractivity contribution in [2.24, 2.45) is 0 Å². The Hall–Kier alpha value is -14.0. The number of hydrogen-bond donors (Lipinski definition) is 0. The van der Waals surface area contributed by atoms with E-state index in [9.17, 15) is 0 Å². The van der Waals surface area contributed by atoms with E-state index in [1.807, 2.05) is 0 Å². The molecular formula is C102H67N5. The van der Waals surface area contributed by atoms with Crippen LogP contribution in [0.25, 0.3) is 194 Å². The van der Waals surface area contributed by atoms with Gasteiger partial charge in [0.1, 0.15) is 0 Å². The molecule has 500 valence electrons. The molecule has 5 nitrogen and oxygen atoms in total. The highest BCUT2D eigenvalue weighted by molar-refractivity contribution is 6.16. The van der Waals surface area contributed by atoms with E-state index < -0.39 is 0 Å². The number of aryl methyl sites for hydroxylation is 2. The minimum atomic E-state index is 0.852. The Bertz CT molecular complexity index is 6260. The molecule has 0 aliphatic heterocycles. The number of hydrogen-bond acceptors (Lipinski definition) is 2. The van der Waals surface area contributed by atoms with Crippen LogP contribution in [0.3, 0.4) is 0 Å². The summed E-state index contributed by atoms with van der Waals surface area (Å²) in [6, 6.07) is 141. The molecule has 5 heterocycles. The molecule has 5 aromatic heterocycles. The fourth-order valence-corrected chi connectivity index (χ4v) is 17.0. The van der Waals surface area contributed by atoms with Crippen molar-refractivity contribution in [2.45, 2.75) is 12.8 Å². The second kappa shape index (κ2) is 25.5. The lowest BCUT2D eigenvalue weighted by molar-refractivity contribution is 0.970. The maximum atomic E-state index is 5.64. The van der Waals surface area contributed by atoms with Crippen LogP contribution >= 0.6 is 0 Å². The summed E-state index contributed by atoms with van der Waals surface area (Å²) >= 11 is 0. The van der Waals surface area contributed by atoms with E-state index in [0.29, 0.717) is 0 Å². The normalized spacial score (nSPS) is 12.0. The van der Waals surface area contributed by atoms with Crippen LogP contribution in [0.4, 0.5) is 0 Å². The number of rotatable bonds is 13. The molecule has 5 heteroatoms. The summed E-state index contributed by atoms with van der Waals surface area (Å²) in [6.45, 7) is 0. The van der Waals surface area contributed by atoms with Crippen LogP contribution in [0.1, 0.15) is 11.1 Å². The SMILES string of the molecule is c1ccc(-c2cc(-c3ccccc3)cc(-n3c4cc(-c5cc(-c6cc(-c7ccccc7)cc(-c7ccccc7)n6)cc(-n6c7ccccc7c7ccccc76)c5)cc5c4c4c(cc(-c6cc(-c7cc(-c8ccccc8)cc(-c8ccccc8)n7)cc(-n7c8ccccc8c8ccccc87)c6)cc43)CC5)c2)cc1. The Kier molecular flexibility index (Phi) is 14.7. The fourth-order valence-electron chi connectivity index (χ4n) is 17.0. The predicted molar refractivity (Wildman–Crippen MR) is 447 cm³/mol. The van der Waals surface area contributed by atoms with Crippen molar-refractivity contribution in [3.63, 3.8) is 0 Å². The zero-order valence-electron chi connectivity index (χ0n) is 58.5. The van der Waals surface area contributed by atoms with Crippen molar-refractivity contribution >= 4 is 65.4 Å². The molecule has 0 fully saturated rings. The van der Waals surface area contributed by atoms with Gasteiger partial charge >= 0.3 is 0 Å². The molecule has 1 aliphatic rings. The van der Waals surface area contributed by atoms with Gasteiger partial charge in [-0.2, -0.15) is 0 Å². The molecule has 0 atom stereocenters. The second-order valence-electron chi connectivity index (χ2n) is 28.4. The standard InChI is InChI=1S/C102H67N5/c1-7-27-66(28-8-1)74-51-75(67-29-9-2-10-30-67)55-84(54-74)107-99-64-78(76-52-82(58-85(56-76)105-95-43-23-19-39-87(95)88-40-20-24-44-96(88)105)93-62-80(68-31-11-3-12-32-68)60-91(103-93)70-35-15-5-16-36-70)49-72-47-48-73-50-79(65-100(107)102(73)101(72)99)77-53-83(59-86(57-77)106-97-45-25-21-41-89(97)90-42-22-26-46-98(90)106)94-63-81(69-33-13-4-14-34-69)61-92(104-94)71-37-17-6-18-38-71/h1-46,49-65H,47-48H2. The van der Waals surface area contributed by atoms with E-state index in [2.05, 4.69) is 396 Å². The zero-order chi connectivity index (χ0) is 70.5. The molecule has 20 aromatic rings. The van der Waals surface area contributed by atoms with Crippen LogP contribution in [0, 0.1) is 0 Å². The first kappa shape index (κ1) is 61.6. The van der Waals surface area contributed by atoms with Gasteiger partial charge < -0.3 is 13.7 Å². The minimum absolute atomic E-state index is 0.852. The molecule has 0 amide bonds. The Morgan fingerprint density at radius 1 is 0.168 bits per heavy atom. The third-order valence-corrected chi connectivity index (χ3v) is 22.0. The molecule has 0 saturated carbocycles. The highest BCUT2D eigenvalue weighted by atomic mass is 15.0. The average Bonchev–Trinajstić information content (AvgIpc) is 1.56. The van der Waals surface area contributed by atoms with Gasteiger partial charge in [0.25, 0.3) is 0 Å². The summed E-state index contributed by atoms with van der Waals surface area (Å²) in [4.78, 5) is 11.3. The van der Waals surface area contributed by atoms with Crippen molar-refractivity contribution in [3.8, 4) is 129 Å². The first-order valence-corrected chi connectivity index (χ1v) is 37.0. The Morgan fingerprint density at radius 2 is 0.393 bits per heavy atom. The van der Waals surface area contributed by atoms with Crippen LogP contribution in [-0.2, 0) is 12.8 Å². The lowest BCUT2D eigenvalue weighted by atomic mass is 9.86. The maximum absolute atomic E-state index is 5.64. The highest BCUT2D eigenvalue weighted by Crippen LogP contribution is 2.48. The molecule has 21 rings (SSSR count). The van der Waals surface area contributed by atoms with E-state index in [1.165, 1.54) is 43.4 Å². The fraction of sp³-hybridized carbons (Fsp3) is 0.0196. The van der Waals surface area contributed by atoms with Gasteiger partial charge in [-0.05, 0) is 206 Å². The van der Waals surface area contributed by atoms with Crippen LogP contribution in [-0.4, -0.2) is 23.7 Å². The molecule has 0 unspecified atom stereocenters. The lowest BCUT2D eigenvalue weighted by Crippen LogP contribution is -2.01. The van der Waals surface area contributed by atoms with Gasteiger partial charge in [-0.15, -0.1) is 0 Å². The third-order valence-electron chi connectivity index (χ3n) is 22.0. The maximum Gasteiger partial charge on any atom is 0.0716 e. The zero-order valence-corrected chi connectivity index (χ0v) is 58.5. The van der Waals surface area contributed by atoms with Crippen molar-refractivity contribution < 1.29 is 0 Å². The van der Waals surface area contributed by atoms with Gasteiger partial charge in [-0.3, -0.25) is 0 Å². The van der Waals surface area contributed by atoms with E-state index in [0.717, 1.165) is 175 Å². The van der Waals surface area contributed by atoms with Crippen molar-refractivity contribution in [1.82, 2.24) is 23.7 Å². The van der Waals surface area contributed by atoms with E-state index >= 15 is 0 Å². The van der Waals surface area contributed by atoms with Crippen LogP contribution in [0.15, 0.2) is 382 Å². The lowest BCUT2D eigenvalue weighted by Gasteiger charge is -2.18. The summed E-state index contributed by atoms with van der Waals surface area (Å²) in [6.07, 6.45) is 1.70. The highest BCUT2D eigenvalue weighted by Gasteiger charge is 2.27. The van der Waals surface area contributed by atoms with E-state index in [-0.39, 0.29) is 0 Å². The van der Waals surface area contributed by atoms with E-state index in [1.54, 1.807) is 0 Å². The number of aromatic nitrogens is 5. The van der Waals surface area contributed by atoms with Crippen LogP contribution < -0.4 is 0 Å². The average molecular weight is 1360 g/mol. The molecule has 1 aliphatic carbocycles. The molecule has 0 N–H and O–H groups in total. The molecule has 0 saturated heterocycles.